The van der Waals surface area contributed by atoms with E-state index in [0.29, 0.717) is 12.2 Å². The third-order valence-electron chi connectivity index (χ3n) is 2.56. The van der Waals surface area contributed by atoms with Crippen LogP contribution in [0, 0.1) is 0 Å². The van der Waals surface area contributed by atoms with E-state index in [-0.39, 0.29) is 5.97 Å². The SMILES string of the molecule is CCOC(=O)c1ccc(NCc2ccc(Br)s2)c(Br)c1. The molecule has 106 valence electrons. The van der Waals surface area contributed by atoms with Gasteiger partial charge in [-0.3, -0.25) is 0 Å². The van der Waals surface area contributed by atoms with Crippen LogP contribution in [-0.4, -0.2) is 12.6 Å². The third kappa shape index (κ3) is 4.07. The Morgan fingerprint density at radius 3 is 2.70 bits per heavy atom. The van der Waals surface area contributed by atoms with Crippen molar-refractivity contribution in [2.75, 3.05) is 11.9 Å². The van der Waals surface area contributed by atoms with Crippen LogP contribution in [0.3, 0.4) is 0 Å². The minimum absolute atomic E-state index is 0.304. The minimum atomic E-state index is -0.304. The first-order valence-corrected chi connectivity index (χ1v) is 8.45. The number of rotatable bonds is 5. The molecule has 6 heteroatoms. The zero-order valence-corrected chi connectivity index (χ0v) is 14.8. The number of benzene rings is 1. The highest BCUT2D eigenvalue weighted by Gasteiger charge is 2.09. The van der Waals surface area contributed by atoms with Gasteiger partial charge in [0.25, 0.3) is 0 Å². The molecule has 20 heavy (non-hydrogen) atoms. The van der Waals surface area contributed by atoms with E-state index < -0.39 is 0 Å². The maximum absolute atomic E-state index is 11.6. The van der Waals surface area contributed by atoms with Gasteiger partial charge in [-0.25, -0.2) is 4.79 Å². The number of hydrogen-bond donors (Lipinski definition) is 1. The zero-order valence-electron chi connectivity index (χ0n) is 10.8. The Labute approximate surface area is 138 Å². The monoisotopic (exact) mass is 417 g/mol. The lowest BCUT2D eigenvalue weighted by Gasteiger charge is -2.09. The molecule has 2 aromatic rings. The fourth-order valence-electron chi connectivity index (χ4n) is 1.63. The summed E-state index contributed by atoms with van der Waals surface area (Å²) in [6.45, 7) is 2.92. The number of hydrogen-bond acceptors (Lipinski definition) is 4. The normalized spacial score (nSPS) is 10.3. The molecule has 0 bridgehead atoms. The van der Waals surface area contributed by atoms with Crippen LogP contribution in [0.15, 0.2) is 38.6 Å². The maximum Gasteiger partial charge on any atom is 0.338 e. The van der Waals surface area contributed by atoms with Crippen molar-refractivity contribution in [3.05, 3.63) is 49.0 Å². The summed E-state index contributed by atoms with van der Waals surface area (Å²) in [7, 11) is 0. The average molecular weight is 419 g/mol. The predicted octanol–water partition coefficient (Wildman–Crippen LogP) is 5.06. The molecule has 0 saturated heterocycles. The Kier molecular flexibility index (Phi) is 5.63. The first-order chi connectivity index (χ1) is 9.60. The number of esters is 1. The van der Waals surface area contributed by atoms with Crippen LogP contribution in [-0.2, 0) is 11.3 Å². The van der Waals surface area contributed by atoms with Crippen molar-refractivity contribution in [2.45, 2.75) is 13.5 Å². The summed E-state index contributed by atoms with van der Waals surface area (Å²) >= 11 is 8.60. The van der Waals surface area contributed by atoms with Crippen molar-refractivity contribution in [1.82, 2.24) is 0 Å². The molecule has 0 saturated carbocycles. The molecule has 1 heterocycles. The summed E-state index contributed by atoms with van der Waals surface area (Å²) < 4.78 is 6.93. The largest absolute Gasteiger partial charge is 0.462 e. The highest BCUT2D eigenvalue weighted by molar-refractivity contribution is 9.11. The molecule has 0 aliphatic heterocycles. The topological polar surface area (TPSA) is 38.3 Å². The number of halogens is 2. The van der Waals surface area contributed by atoms with Gasteiger partial charge in [-0.15, -0.1) is 11.3 Å². The fraction of sp³-hybridized carbons (Fsp3) is 0.214. The van der Waals surface area contributed by atoms with E-state index in [1.165, 1.54) is 4.88 Å². The van der Waals surface area contributed by atoms with Crippen molar-refractivity contribution in [3.63, 3.8) is 0 Å². The molecule has 0 radical (unpaired) electrons. The van der Waals surface area contributed by atoms with Crippen molar-refractivity contribution in [2.24, 2.45) is 0 Å². The van der Waals surface area contributed by atoms with E-state index in [9.17, 15) is 4.79 Å². The second-order valence-corrected chi connectivity index (χ2v) is 7.38. The smallest absolute Gasteiger partial charge is 0.338 e. The standard InChI is InChI=1S/C14H13Br2NO2S/c1-2-19-14(18)9-3-5-12(11(15)7-9)17-8-10-4-6-13(16)20-10/h3-7,17H,2,8H2,1H3. The van der Waals surface area contributed by atoms with E-state index >= 15 is 0 Å². The van der Waals surface area contributed by atoms with Gasteiger partial charge in [0, 0.05) is 21.6 Å². The lowest BCUT2D eigenvalue weighted by atomic mass is 10.2. The Bertz CT molecular complexity index is 613. The van der Waals surface area contributed by atoms with Crippen molar-refractivity contribution < 1.29 is 9.53 Å². The summed E-state index contributed by atoms with van der Waals surface area (Å²) in [5.74, 6) is -0.304. The number of thiophene rings is 1. The zero-order chi connectivity index (χ0) is 14.5. The van der Waals surface area contributed by atoms with E-state index in [1.807, 2.05) is 12.1 Å². The van der Waals surface area contributed by atoms with Gasteiger partial charge in [-0.1, -0.05) is 0 Å². The maximum atomic E-state index is 11.6. The molecule has 0 amide bonds. The molecule has 1 aromatic carbocycles. The predicted molar refractivity (Wildman–Crippen MR) is 89.4 cm³/mol. The molecule has 0 unspecified atom stereocenters. The van der Waals surface area contributed by atoms with Crippen LogP contribution in [0.4, 0.5) is 5.69 Å². The van der Waals surface area contributed by atoms with Gasteiger partial charge in [0.05, 0.1) is 16.0 Å². The first kappa shape index (κ1) is 15.5. The van der Waals surface area contributed by atoms with E-state index in [0.717, 1.165) is 20.5 Å². The van der Waals surface area contributed by atoms with Gasteiger partial charge in [0.2, 0.25) is 0 Å². The lowest BCUT2D eigenvalue weighted by molar-refractivity contribution is 0.0526. The summed E-state index contributed by atoms with van der Waals surface area (Å²) in [5, 5.41) is 3.33. The molecule has 0 aliphatic rings. The number of nitrogens with one attached hydrogen (secondary N) is 1. The third-order valence-corrected chi connectivity index (χ3v) is 4.84. The Hall–Kier alpha value is -0.850. The molecular formula is C14H13Br2NO2S. The second kappa shape index (κ2) is 7.24. The molecule has 1 aromatic heterocycles. The van der Waals surface area contributed by atoms with Crippen LogP contribution in [0.1, 0.15) is 22.2 Å². The molecule has 3 nitrogen and oxygen atoms in total. The highest BCUT2D eigenvalue weighted by Crippen LogP contribution is 2.27. The van der Waals surface area contributed by atoms with Crippen LogP contribution in [0.25, 0.3) is 0 Å². The number of carbonyl (C=O) groups is 1. The molecule has 2 rings (SSSR count). The molecular weight excluding hydrogens is 406 g/mol. The van der Waals surface area contributed by atoms with Crippen LogP contribution >= 0.6 is 43.2 Å². The molecule has 0 spiro atoms. The highest BCUT2D eigenvalue weighted by atomic mass is 79.9. The van der Waals surface area contributed by atoms with E-state index in [1.54, 1.807) is 30.4 Å². The summed E-state index contributed by atoms with van der Waals surface area (Å²) in [4.78, 5) is 12.9. The molecule has 1 N–H and O–H groups in total. The van der Waals surface area contributed by atoms with Gasteiger partial charge < -0.3 is 10.1 Å². The van der Waals surface area contributed by atoms with Gasteiger partial charge in [0.1, 0.15) is 0 Å². The Morgan fingerprint density at radius 1 is 1.30 bits per heavy atom. The minimum Gasteiger partial charge on any atom is -0.462 e. The second-order valence-electron chi connectivity index (χ2n) is 3.97. The van der Waals surface area contributed by atoms with Gasteiger partial charge in [-0.2, -0.15) is 0 Å². The van der Waals surface area contributed by atoms with Crippen molar-refractivity contribution in [3.8, 4) is 0 Å². The number of carbonyl (C=O) groups excluding carboxylic acids is 1. The van der Waals surface area contributed by atoms with Crippen LogP contribution < -0.4 is 5.32 Å². The summed E-state index contributed by atoms with van der Waals surface area (Å²) in [6, 6.07) is 9.50. The van der Waals surface area contributed by atoms with Gasteiger partial charge in [0.15, 0.2) is 0 Å². The van der Waals surface area contributed by atoms with Crippen LogP contribution in [0.5, 0.6) is 0 Å². The van der Waals surface area contributed by atoms with Gasteiger partial charge >= 0.3 is 5.97 Å². The molecule has 0 atom stereocenters. The van der Waals surface area contributed by atoms with Crippen molar-refractivity contribution in [1.29, 1.82) is 0 Å². The van der Waals surface area contributed by atoms with Gasteiger partial charge in [-0.05, 0) is 69.1 Å². The average Bonchev–Trinajstić information content (AvgIpc) is 2.83. The van der Waals surface area contributed by atoms with E-state index in [2.05, 4.69) is 43.2 Å². The summed E-state index contributed by atoms with van der Waals surface area (Å²) in [5.41, 5.74) is 1.49. The van der Waals surface area contributed by atoms with Crippen LogP contribution in [0.2, 0.25) is 0 Å². The quantitative estimate of drug-likeness (QED) is 0.689. The summed E-state index contributed by atoms with van der Waals surface area (Å²) in [6.07, 6.45) is 0. The lowest BCUT2D eigenvalue weighted by Crippen LogP contribution is -2.05. The number of ether oxygens (including phenoxy) is 1. The Morgan fingerprint density at radius 2 is 2.10 bits per heavy atom. The Balaban J connectivity index is 2.04. The first-order valence-electron chi connectivity index (χ1n) is 6.05. The fourth-order valence-corrected chi connectivity index (χ4v) is 3.57. The van der Waals surface area contributed by atoms with Crippen molar-refractivity contribution >= 4 is 54.9 Å². The molecule has 0 aliphatic carbocycles. The van der Waals surface area contributed by atoms with E-state index in [4.69, 9.17) is 4.74 Å². The molecule has 0 fully saturated rings. The number of anilines is 1.